The van der Waals surface area contributed by atoms with Crippen LogP contribution in [0.3, 0.4) is 0 Å². The first-order chi connectivity index (χ1) is 7.18. The van der Waals surface area contributed by atoms with Crippen LogP contribution < -0.4 is 5.32 Å². The average Bonchev–Trinajstić information content (AvgIpc) is 2.74. The minimum Gasteiger partial charge on any atom is -0.366 e. The van der Waals surface area contributed by atoms with Crippen LogP contribution in [0.5, 0.6) is 0 Å². The van der Waals surface area contributed by atoms with Crippen LogP contribution in [0.25, 0.3) is 0 Å². The summed E-state index contributed by atoms with van der Waals surface area (Å²) in [6, 6.07) is 1.95. The fourth-order valence-electron chi connectivity index (χ4n) is 1.45. The van der Waals surface area contributed by atoms with Crippen LogP contribution in [-0.4, -0.2) is 19.6 Å². The Balaban J connectivity index is 2.05. The Morgan fingerprint density at radius 1 is 1.27 bits per heavy atom. The summed E-state index contributed by atoms with van der Waals surface area (Å²) in [5.41, 5.74) is 2.39. The lowest BCUT2D eigenvalue weighted by Gasteiger charge is -2.05. The quantitative estimate of drug-likeness (QED) is 0.815. The molecule has 0 saturated heterocycles. The predicted octanol–water partition coefficient (Wildman–Crippen LogP) is 1.07. The van der Waals surface area contributed by atoms with E-state index >= 15 is 0 Å². The lowest BCUT2D eigenvalue weighted by molar-refractivity contribution is 0.737. The minimum atomic E-state index is 0.777. The van der Waals surface area contributed by atoms with Gasteiger partial charge in [-0.15, -0.1) is 0 Å². The van der Waals surface area contributed by atoms with Crippen LogP contribution in [-0.2, 0) is 20.6 Å². The number of rotatable bonds is 3. The Labute approximate surface area is 88.7 Å². The van der Waals surface area contributed by atoms with Crippen LogP contribution in [0, 0.1) is 6.92 Å². The lowest BCUT2D eigenvalue weighted by atomic mass is 10.2. The fourth-order valence-corrected chi connectivity index (χ4v) is 1.45. The van der Waals surface area contributed by atoms with Crippen molar-refractivity contribution in [1.82, 2.24) is 19.6 Å². The summed E-state index contributed by atoms with van der Waals surface area (Å²) in [5, 5.41) is 11.6. The topological polar surface area (TPSA) is 47.7 Å². The van der Waals surface area contributed by atoms with Gasteiger partial charge in [0.25, 0.3) is 0 Å². The van der Waals surface area contributed by atoms with E-state index in [-0.39, 0.29) is 0 Å². The molecule has 0 amide bonds. The zero-order valence-corrected chi connectivity index (χ0v) is 9.23. The molecule has 0 aliphatic rings. The van der Waals surface area contributed by atoms with Crippen LogP contribution in [0.4, 0.5) is 5.82 Å². The number of aryl methyl sites for hydroxylation is 2. The number of nitrogens with one attached hydrogen (secondary N) is 1. The molecule has 0 spiro atoms. The van der Waals surface area contributed by atoms with Crippen molar-refractivity contribution >= 4 is 5.82 Å². The summed E-state index contributed by atoms with van der Waals surface area (Å²) in [7, 11) is 3.86. The van der Waals surface area contributed by atoms with E-state index < -0.39 is 0 Å². The normalized spacial score (nSPS) is 10.6. The van der Waals surface area contributed by atoms with Crippen molar-refractivity contribution in [3.05, 3.63) is 29.7 Å². The number of anilines is 1. The third-order valence-electron chi connectivity index (χ3n) is 2.62. The Morgan fingerprint density at radius 3 is 2.60 bits per heavy atom. The van der Waals surface area contributed by atoms with Crippen molar-refractivity contribution in [2.45, 2.75) is 13.5 Å². The Morgan fingerprint density at radius 2 is 2.07 bits per heavy atom. The molecule has 0 aromatic carbocycles. The van der Waals surface area contributed by atoms with Crippen molar-refractivity contribution in [2.24, 2.45) is 14.1 Å². The summed E-state index contributed by atoms with van der Waals surface area (Å²) in [6.07, 6.45) is 3.66. The summed E-state index contributed by atoms with van der Waals surface area (Å²) in [4.78, 5) is 0. The van der Waals surface area contributed by atoms with E-state index in [4.69, 9.17) is 0 Å². The molecule has 0 atom stereocenters. The van der Waals surface area contributed by atoms with Gasteiger partial charge >= 0.3 is 0 Å². The van der Waals surface area contributed by atoms with Gasteiger partial charge < -0.3 is 5.32 Å². The molecule has 0 fully saturated rings. The number of aromatic nitrogens is 4. The number of hydrogen-bond donors (Lipinski definition) is 1. The van der Waals surface area contributed by atoms with Gasteiger partial charge in [0.15, 0.2) is 0 Å². The first-order valence-electron chi connectivity index (χ1n) is 4.88. The molecule has 0 bridgehead atoms. The highest BCUT2D eigenvalue weighted by Crippen LogP contribution is 2.09. The molecule has 0 radical (unpaired) electrons. The Hall–Kier alpha value is -1.78. The number of hydrogen-bond acceptors (Lipinski definition) is 3. The van der Waals surface area contributed by atoms with E-state index in [2.05, 4.69) is 22.4 Å². The SMILES string of the molecule is Cc1c(CNc2ccnn2C)cnn1C. The van der Waals surface area contributed by atoms with E-state index in [0.717, 1.165) is 12.4 Å². The van der Waals surface area contributed by atoms with Gasteiger partial charge in [0.05, 0.1) is 12.4 Å². The standard InChI is InChI=1S/C10H15N5/c1-8-9(7-13-14(8)2)6-11-10-4-5-12-15(10)3/h4-5,7,11H,6H2,1-3H3. The highest BCUT2D eigenvalue weighted by molar-refractivity contribution is 5.35. The molecule has 0 unspecified atom stereocenters. The molecule has 0 aliphatic heterocycles. The molecule has 2 aromatic rings. The maximum Gasteiger partial charge on any atom is 0.124 e. The van der Waals surface area contributed by atoms with Crippen LogP contribution in [0.2, 0.25) is 0 Å². The Bertz CT molecular complexity index is 454. The van der Waals surface area contributed by atoms with Crippen molar-refractivity contribution in [3.63, 3.8) is 0 Å². The second kappa shape index (κ2) is 3.76. The fraction of sp³-hybridized carbons (Fsp3) is 0.400. The van der Waals surface area contributed by atoms with E-state index in [9.17, 15) is 0 Å². The maximum atomic E-state index is 4.19. The number of nitrogens with zero attached hydrogens (tertiary/aromatic N) is 4. The molecule has 15 heavy (non-hydrogen) atoms. The van der Waals surface area contributed by atoms with Gasteiger partial charge in [-0.05, 0) is 6.92 Å². The van der Waals surface area contributed by atoms with E-state index in [0.29, 0.717) is 0 Å². The molecule has 5 nitrogen and oxygen atoms in total. The largest absolute Gasteiger partial charge is 0.366 e. The second-order valence-electron chi connectivity index (χ2n) is 3.57. The third kappa shape index (κ3) is 1.86. The highest BCUT2D eigenvalue weighted by atomic mass is 15.3. The first kappa shape index (κ1) is 9.76. The van der Waals surface area contributed by atoms with Crippen molar-refractivity contribution < 1.29 is 0 Å². The lowest BCUT2D eigenvalue weighted by Crippen LogP contribution is -2.05. The average molecular weight is 205 g/mol. The molecule has 2 rings (SSSR count). The van der Waals surface area contributed by atoms with Gasteiger partial charge in [-0.1, -0.05) is 0 Å². The molecular weight excluding hydrogens is 190 g/mol. The van der Waals surface area contributed by atoms with Gasteiger partial charge in [-0.3, -0.25) is 9.36 Å². The van der Waals surface area contributed by atoms with E-state index in [1.165, 1.54) is 11.3 Å². The van der Waals surface area contributed by atoms with Crippen molar-refractivity contribution in [2.75, 3.05) is 5.32 Å². The van der Waals surface area contributed by atoms with Crippen molar-refractivity contribution in [3.8, 4) is 0 Å². The van der Waals surface area contributed by atoms with Gasteiger partial charge in [0.2, 0.25) is 0 Å². The van der Waals surface area contributed by atoms with Gasteiger partial charge in [0, 0.05) is 38.0 Å². The van der Waals surface area contributed by atoms with Crippen molar-refractivity contribution in [1.29, 1.82) is 0 Å². The summed E-state index contributed by atoms with van der Waals surface area (Å²) < 4.78 is 3.69. The molecule has 1 N–H and O–H groups in total. The second-order valence-corrected chi connectivity index (χ2v) is 3.57. The van der Waals surface area contributed by atoms with E-state index in [1.54, 1.807) is 6.20 Å². The zero-order chi connectivity index (χ0) is 10.8. The molecule has 0 aliphatic carbocycles. The first-order valence-corrected chi connectivity index (χ1v) is 4.88. The van der Waals surface area contributed by atoms with Crippen LogP contribution >= 0.6 is 0 Å². The zero-order valence-electron chi connectivity index (χ0n) is 9.23. The molecule has 0 saturated carbocycles. The third-order valence-corrected chi connectivity index (χ3v) is 2.62. The molecule has 80 valence electrons. The molecular formula is C10H15N5. The Kier molecular flexibility index (Phi) is 2.45. The minimum absolute atomic E-state index is 0.777. The van der Waals surface area contributed by atoms with E-state index in [1.807, 2.05) is 35.7 Å². The maximum absolute atomic E-state index is 4.19. The summed E-state index contributed by atoms with van der Waals surface area (Å²) in [6.45, 7) is 2.84. The van der Waals surface area contributed by atoms with Gasteiger partial charge in [-0.2, -0.15) is 10.2 Å². The van der Waals surface area contributed by atoms with Crippen LogP contribution in [0.15, 0.2) is 18.5 Å². The van der Waals surface area contributed by atoms with Gasteiger partial charge in [-0.25, -0.2) is 0 Å². The monoisotopic (exact) mass is 205 g/mol. The highest BCUT2D eigenvalue weighted by Gasteiger charge is 2.04. The smallest absolute Gasteiger partial charge is 0.124 e. The predicted molar refractivity (Wildman–Crippen MR) is 58.5 cm³/mol. The molecule has 5 heteroatoms. The van der Waals surface area contributed by atoms with Crippen LogP contribution in [0.1, 0.15) is 11.3 Å². The summed E-state index contributed by atoms with van der Waals surface area (Å²) >= 11 is 0. The molecule has 2 heterocycles. The summed E-state index contributed by atoms with van der Waals surface area (Å²) in [5.74, 6) is 1.01. The molecule has 2 aromatic heterocycles. The van der Waals surface area contributed by atoms with Gasteiger partial charge in [0.1, 0.15) is 5.82 Å².